The first-order chi connectivity index (χ1) is 9.06. The SMILES string of the molecule is COc1cc(CO)ccc1OCC(O)CNC(C)C. The molecule has 0 aliphatic heterocycles. The quantitative estimate of drug-likeness (QED) is 0.655. The number of aliphatic hydroxyl groups excluding tert-OH is 2. The second-order valence-corrected chi connectivity index (χ2v) is 4.67. The zero-order valence-electron chi connectivity index (χ0n) is 11.7. The monoisotopic (exact) mass is 269 g/mol. The minimum atomic E-state index is -0.579. The fourth-order valence-corrected chi connectivity index (χ4v) is 1.55. The smallest absolute Gasteiger partial charge is 0.161 e. The molecule has 0 spiro atoms. The van der Waals surface area contributed by atoms with Crippen LogP contribution in [0.2, 0.25) is 0 Å². The fraction of sp³-hybridized carbons (Fsp3) is 0.571. The average molecular weight is 269 g/mol. The summed E-state index contributed by atoms with van der Waals surface area (Å²) >= 11 is 0. The van der Waals surface area contributed by atoms with Crippen LogP contribution < -0.4 is 14.8 Å². The summed E-state index contributed by atoms with van der Waals surface area (Å²) in [6.45, 7) is 4.66. The molecule has 1 aromatic rings. The van der Waals surface area contributed by atoms with E-state index in [1.807, 2.05) is 13.8 Å². The minimum absolute atomic E-state index is 0.0441. The highest BCUT2D eigenvalue weighted by Gasteiger charge is 2.09. The lowest BCUT2D eigenvalue weighted by Gasteiger charge is -2.16. The molecule has 1 aromatic carbocycles. The van der Waals surface area contributed by atoms with E-state index in [-0.39, 0.29) is 13.2 Å². The highest BCUT2D eigenvalue weighted by molar-refractivity contribution is 5.42. The average Bonchev–Trinajstić information content (AvgIpc) is 2.42. The predicted molar refractivity (Wildman–Crippen MR) is 73.6 cm³/mol. The molecule has 0 aliphatic carbocycles. The largest absolute Gasteiger partial charge is 0.493 e. The normalized spacial score (nSPS) is 12.5. The van der Waals surface area contributed by atoms with E-state index < -0.39 is 6.10 Å². The van der Waals surface area contributed by atoms with Crippen LogP contribution in [0, 0.1) is 0 Å². The zero-order valence-corrected chi connectivity index (χ0v) is 11.7. The zero-order chi connectivity index (χ0) is 14.3. The Labute approximate surface area is 114 Å². The van der Waals surface area contributed by atoms with Crippen LogP contribution in [-0.2, 0) is 6.61 Å². The summed E-state index contributed by atoms with van der Waals surface area (Å²) in [5.41, 5.74) is 0.756. The van der Waals surface area contributed by atoms with E-state index in [4.69, 9.17) is 14.6 Å². The summed E-state index contributed by atoms with van der Waals surface area (Å²) in [6, 6.07) is 5.53. The number of aliphatic hydroxyl groups is 2. The molecule has 19 heavy (non-hydrogen) atoms. The Balaban J connectivity index is 2.52. The van der Waals surface area contributed by atoms with Gasteiger partial charge in [0.05, 0.1) is 13.7 Å². The van der Waals surface area contributed by atoms with Crippen molar-refractivity contribution < 1.29 is 19.7 Å². The van der Waals surface area contributed by atoms with Crippen molar-refractivity contribution in [2.45, 2.75) is 32.6 Å². The lowest BCUT2D eigenvalue weighted by molar-refractivity contribution is 0.103. The van der Waals surface area contributed by atoms with Crippen molar-refractivity contribution in [2.24, 2.45) is 0 Å². The van der Waals surface area contributed by atoms with Gasteiger partial charge in [0.25, 0.3) is 0 Å². The third-order valence-electron chi connectivity index (χ3n) is 2.60. The number of nitrogens with one attached hydrogen (secondary N) is 1. The van der Waals surface area contributed by atoms with Gasteiger partial charge in [-0.2, -0.15) is 0 Å². The molecule has 0 radical (unpaired) electrons. The molecule has 1 atom stereocenters. The molecule has 0 saturated heterocycles. The molecule has 0 saturated carbocycles. The summed E-state index contributed by atoms with van der Waals surface area (Å²) in [4.78, 5) is 0. The number of rotatable bonds is 8. The second-order valence-electron chi connectivity index (χ2n) is 4.67. The number of methoxy groups -OCH3 is 1. The summed E-state index contributed by atoms with van der Waals surface area (Å²) in [5.74, 6) is 1.11. The van der Waals surface area contributed by atoms with Crippen molar-refractivity contribution in [1.82, 2.24) is 5.32 Å². The van der Waals surface area contributed by atoms with E-state index in [9.17, 15) is 5.11 Å². The third kappa shape index (κ3) is 5.46. The van der Waals surface area contributed by atoms with Gasteiger partial charge in [-0.05, 0) is 17.7 Å². The van der Waals surface area contributed by atoms with Gasteiger partial charge in [0.2, 0.25) is 0 Å². The molecule has 0 aromatic heterocycles. The van der Waals surface area contributed by atoms with Crippen molar-refractivity contribution in [1.29, 1.82) is 0 Å². The highest BCUT2D eigenvalue weighted by Crippen LogP contribution is 2.28. The van der Waals surface area contributed by atoms with E-state index in [2.05, 4.69) is 5.32 Å². The van der Waals surface area contributed by atoms with Crippen LogP contribution in [0.15, 0.2) is 18.2 Å². The number of hydrogen-bond acceptors (Lipinski definition) is 5. The van der Waals surface area contributed by atoms with Crippen LogP contribution in [0.5, 0.6) is 11.5 Å². The van der Waals surface area contributed by atoms with Gasteiger partial charge >= 0.3 is 0 Å². The number of ether oxygens (including phenoxy) is 2. The Bertz CT molecular complexity index is 382. The van der Waals surface area contributed by atoms with E-state index >= 15 is 0 Å². The molecule has 0 heterocycles. The summed E-state index contributed by atoms with van der Waals surface area (Å²) in [6.07, 6.45) is -0.579. The molecule has 0 aliphatic rings. The van der Waals surface area contributed by atoms with Crippen LogP contribution in [0.3, 0.4) is 0 Å². The fourth-order valence-electron chi connectivity index (χ4n) is 1.55. The molecule has 0 bridgehead atoms. The van der Waals surface area contributed by atoms with E-state index in [1.165, 1.54) is 0 Å². The standard InChI is InChI=1S/C14H23NO4/c1-10(2)15-7-12(17)9-19-13-5-4-11(8-16)6-14(13)18-3/h4-6,10,12,15-17H,7-9H2,1-3H3. The van der Waals surface area contributed by atoms with Gasteiger partial charge in [0, 0.05) is 12.6 Å². The van der Waals surface area contributed by atoms with E-state index in [0.29, 0.717) is 24.1 Å². The maximum atomic E-state index is 9.76. The predicted octanol–water partition coefficient (Wildman–Crippen LogP) is 0.925. The van der Waals surface area contributed by atoms with E-state index in [0.717, 1.165) is 5.56 Å². The molecule has 108 valence electrons. The first-order valence-electron chi connectivity index (χ1n) is 6.38. The first kappa shape index (κ1) is 15.8. The Hall–Kier alpha value is -1.30. The molecule has 1 unspecified atom stereocenters. The van der Waals surface area contributed by atoms with E-state index in [1.54, 1.807) is 25.3 Å². The molecule has 0 amide bonds. The molecular weight excluding hydrogens is 246 g/mol. The first-order valence-corrected chi connectivity index (χ1v) is 6.38. The van der Waals surface area contributed by atoms with Crippen molar-refractivity contribution in [3.63, 3.8) is 0 Å². The highest BCUT2D eigenvalue weighted by atomic mass is 16.5. The molecule has 3 N–H and O–H groups in total. The van der Waals surface area contributed by atoms with Gasteiger partial charge in [-0.1, -0.05) is 19.9 Å². The van der Waals surface area contributed by atoms with Gasteiger partial charge in [-0.3, -0.25) is 0 Å². The van der Waals surface area contributed by atoms with Gasteiger partial charge in [-0.15, -0.1) is 0 Å². The van der Waals surface area contributed by atoms with Crippen molar-refractivity contribution in [3.8, 4) is 11.5 Å². The van der Waals surface area contributed by atoms with Crippen LogP contribution in [-0.4, -0.2) is 42.6 Å². The minimum Gasteiger partial charge on any atom is -0.493 e. The Kier molecular flexibility index (Phi) is 6.62. The Morgan fingerprint density at radius 1 is 1.26 bits per heavy atom. The lowest BCUT2D eigenvalue weighted by Crippen LogP contribution is -2.35. The summed E-state index contributed by atoms with van der Waals surface area (Å²) < 4.78 is 10.7. The molecule has 1 rings (SSSR count). The van der Waals surface area contributed by atoms with Crippen LogP contribution in [0.4, 0.5) is 0 Å². The summed E-state index contributed by atoms with van der Waals surface area (Å²) in [5, 5.41) is 21.9. The lowest BCUT2D eigenvalue weighted by atomic mass is 10.2. The topological polar surface area (TPSA) is 71.0 Å². The van der Waals surface area contributed by atoms with Crippen molar-refractivity contribution in [3.05, 3.63) is 23.8 Å². The van der Waals surface area contributed by atoms with Gasteiger partial charge < -0.3 is 25.0 Å². The molecular formula is C14H23NO4. The molecule has 5 heteroatoms. The van der Waals surface area contributed by atoms with Crippen LogP contribution in [0.25, 0.3) is 0 Å². The van der Waals surface area contributed by atoms with Crippen LogP contribution in [0.1, 0.15) is 19.4 Å². The van der Waals surface area contributed by atoms with Gasteiger partial charge in [0.15, 0.2) is 11.5 Å². The Morgan fingerprint density at radius 3 is 2.58 bits per heavy atom. The van der Waals surface area contributed by atoms with Gasteiger partial charge in [0.1, 0.15) is 12.7 Å². The van der Waals surface area contributed by atoms with Crippen LogP contribution >= 0.6 is 0 Å². The molecule has 5 nitrogen and oxygen atoms in total. The maximum Gasteiger partial charge on any atom is 0.161 e. The van der Waals surface area contributed by atoms with Crippen molar-refractivity contribution >= 4 is 0 Å². The Morgan fingerprint density at radius 2 is 2.00 bits per heavy atom. The third-order valence-corrected chi connectivity index (χ3v) is 2.60. The number of hydrogen-bond donors (Lipinski definition) is 3. The molecule has 0 fully saturated rings. The number of benzene rings is 1. The maximum absolute atomic E-state index is 9.76. The van der Waals surface area contributed by atoms with Gasteiger partial charge in [-0.25, -0.2) is 0 Å². The summed E-state index contributed by atoms with van der Waals surface area (Å²) in [7, 11) is 1.54. The van der Waals surface area contributed by atoms with Crippen molar-refractivity contribution in [2.75, 3.05) is 20.3 Å². The second kappa shape index (κ2) is 7.99.